The van der Waals surface area contributed by atoms with Gasteiger partial charge in [0.1, 0.15) is 17.8 Å². The van der Waals surface area contributed by atoms with Crippen LogP contribution in [0.4, 0.5) is 0 Å². The largest absolute Gasteiger partial charge is 0.374 e. The lowest BCUT2D eigenvalue weighted by atomic mass is 9.98. The second kappa shape index (κ2) is 7.93. The number of ether oxygens (including phenoxy) is 5. The van der Waals surface area contributed by atoms with E-state index in [9.17, 15) is 0 Å². The topological polar surface area (TPSA) is 46.2 Å². The molecule has 0 bridgehead atoms. The van der Waals surface area contributed by atoms with Crippen molar-refractivity contribution in [3.8, 4) is 0 Å². The summed E-state index contributed by atoms with van der Waals surface area (Å²) in [5, 5.41) is 0. The maximum Gasteiger partial charge on any atom is 0.190 e. The number of hydrogen-bond acceptors (Lipinski definition) is 5. The predicted octanol–water partition coefficient (Wildman–Crippen LogP) is 4.06. The van der Waals surface area contributed by atoms with Gasteiger partial charge >= 0.3 is 0 Å². The third kappa shape index (κ3) is 4.29. The molecule has 2 aliphatic heterocycles. The highest BCUT2D eigenvalue weighted by molar-refractivity contribution is 5.15. The standard InChI is InChI=1S/C23H28O5/c1-22(2)26-19-20(25-15-18-12-8-5-9-13-18)23(3,28-21(19)27-22)16-24-14-17-10-6-4-7-11-17/h4-13,19-21H,14-16H2,1-3H3/t19-,20+,21+,23-/m1/s1. The van der Waals surface area contributed by atoms with Gasteiger partial charge in [-0.2, -0.15) is 0 Å². The molecule has 0 aromatic heterocycles. The first-order valence-corrected chi connectivity index (χ1v) is 9.76. The molecule has 0 aliphatic carbocycles. The lowest BCUT2D eigenvalue weighted by molar-refractivity contribution is -0.250. The van der Waals surface area contributed by atoms with Crippen molar-refractivity contribution in [3.63, 3.8) is 0 Å². The van der Waals surface area contributed by atoms with Crippen LogP contribution in [0.5, 0.6) is 0 Å². The van der Waals surface area contributed by atoms with Gasteiger partial charge < -0.3 is 23.7 Å². The van der Waals surface area contributed by atoms with E-state index in [1.165, 1.54) is 0 Å². The van der Waals surface area contributed by atoms with Crippen LogP contribution < -0.4 is 0 Å². The highest BCUT2D eigenvalue weighted by atomic mass is 16.8. The lowest BCUT2D eigenvalue weighted by Crippen LogP contribution is -2.47. The molecule has 150 valence electrons. The van der Waals surface area contributed by atoms with Gasteiger partial charge in [0, 0.05) is 0 Å². The molecule has 28 heavy (non-hydrogen) atoms. The Labute approximate surface area is 166 Å². The Kier molecular flexibility index (Phi) is 5.54. The number of hydrogen-bond donors (Lipinski definition) is 0. The van der Waals surface area contributed by atoms with Crippen molar-refractivity contribution in [2.24, 2.45) is 0 Å². The third-order valence-corrected chi connectivity index (χ3v) is 5.15. The Morgan fingerprint density at radius 3 is 2.04 bits per heavy atom. The summed E-state index contributed by atoms with van der Waals surface area (Å²) in [4.78, 5) is 0. The van der Waals surface area contributed by atoms with Gasteiger partial charge in [0.15, 0.2) is 12.1 Å². The molecule has 2 aromatic rings. The molecular formula is C23H28O5. The molecule has 4 atom stereocenters. The molecule has 2 fully saturated rings. The normalized spacial score (nSPS) is 31.0. The number of fused-ring (bicyclic) bond motifs is 1. The Morgan fingerprint density at radius 1 is 0.786 bits per heavy atom. The number of benzene rings is 2. The quantitative estimate of drug-likeness (QED) is 0.721. The van der Waals surface area contributed by atoms with Crippen LogP contribution in [0.25, 0.3) is 0 Å². The molecule has 0 saturated carbocycles. The predicted molar refractivity (Wildman–Crippen MR) is 104 cm³/mol. The summed E-state index contributed by atoms with van der Waals surface area (Å²) in [6.45, 7) is 7.19. The van der Waals surface area contributed by atoms with Crippen LogP contribution in [-0.4, -0.2) is 36.5 Å². The zero-order valence-electron chi connectivity index (χ0n) is 16.7. The molecule has 4 rings (SSSR count). The average molecular weight is 384 g/mol. The monoisotopic (exact) mass is 384 g/mol. The molecule has 5 nitrogen and oxygen atoms in total. The maximum atomic E-state index is 6.30. The Balaban J connectivity index is 1.44. The fourth-order valence-corrected chi connectivity index (χ4v) is 3.83. The highest BCUT2D eigenvalue weighted by Gasteiger charge is 2.60. The molecule has 0 unspecified atom stereocenters. The molecule has 0 radical (unpaired) electrons. The Hall–Kier alpha value is -1.76. The van der Waals surface area contributed by atoms with E-state index in [2.05, 4.69) is 0 Å². The Bertz CT molecular complexity index is 763. The minimum absolute atomic E-state index is 0.288. The molecule has 0 N–H and O–H groups in total. The van der Waals surface area contributed by atoms with E-state index in [0.717, 1.165) is 11.1 Å². The molecular weight excluding hydrogens is 356 g/mol. The van der Waals surface area contributed by atoms with Crippen molar-refractivity contribution in [1.82, 2.24) is 0 Å². The summed E-state index contributed by atoms with van der Waals surface area (Å²) < 4.78 is 30.6. The van der Waals surface area contributed by atoms with Crippen LogP contribution in [-0.2, 0) is 36.9 Å². The molecule has 2 aromatic carbocycles. The highest BCUT2D eigenvalue weighted by Crippen LogP contribution is 2.44. The smallest absolute Gasteiger partial charge is 0.190 e. The summed E-state index contributed by atoms with van der Waals surface area (Å²) in [6.07, 6.45) is -1.04. The van der Waals surface area contributed by atoms with Gasteiger partial charge in [-0.1, -0.05) is 60.7 Å². The first kappa shape index (κ1) is 19.6. The van der Waals surface area contributed by atoms with E-state index in [1.54, 1.807) is 0 Å². The molecule has 2 heterocycles. The summed E-state index contributed by atoms with van der Waals surface area (Å²) in [5.41, 5.74) is 1.58. The molecule has 2 aliphatic rings. The van der Waals surface area contributed by atoms with Gasteiger partial charge in [-0.05, 0) is 31.9 Å². The van der Waals surface area contributed by atoms with Crippen molar-refractivity contribution in [3.05, 3.63) is 71.8 Å². The van der Waals surface area contributed by atoms with E-state index in [-0.39, 0.29) is 12.2 Å². The van der Waals surface area contributed by atoms with E-state index in [4.69, 9.17) is 23.7 Å². The summed E-state index contributed by atoms with van der Waals surface area (Å²) in [6, 6.07) is 20.2. The average Bonchev–Trinajstić information content (AvgIpc) is 3.09. The van der Waals surface area contributed by atoms with Gasteiger partial charge in [-0.25, -0.2) is 0 Å². The van der Waals surface area contributed by atoms with Crippen LogP contribution in [0.15, 0.2) is 60.7 Å². The van der Waals surface area contributed by atoms with Crippen molar-refractivity contribution in [1.29, 1.82) is 0 Å². The zero-order valence-corrected chi connectivity index (χ0v) is 16.7. The fraction of sp³-hybridized carbons (Fsp3) is 0.478. The molecule has 0 spiro atoms. The van der Waals surface area contributed by atoms with Crippen LogP contribution in [0, 0.1) is 0 Å². The molecule has 2 saturated heterocycles. The second-order valence-electron chi connectivity index (χ2n) is 8.09. The first-order valence-electron chi connectivity index (χ1n) is 9.76. The minimum atomic E-state index is -0.685. The minimum Gasteiger partial charge on any atom is -0.374 e. The van der Waals surface area contributed by atoms with Gasteiger partial charge in [-0.15, -0.1) is 0 Å². The van der Waals surface area contributed by atoms with Gasteiger partial charge in [0.05, 0.1) is 19.8 Å². The van der Waals surface area contributed by atoms with Crippen molar-refractivity contribution < 1.29 is 23.7 Å². The molecule has 5 heteroatoms. The number of rotatable bonds is 7. The van der Waals surface area contributed by atoms with Crippen LogP contribution in [0.2, 0.25) is 0 Å². The van der Waals surface area contributed by atoms with E-state index in [1.807, 2.05) is 81.4 Å². The van der Waals surface area contributed by atoms with Crippen LogP contribution in [0.1, 0.15) is 31.9 Å². The lowest BCUT2D eigenvalue weighted by Gasteiger charge is -2.33. The van der Waals surface area contributed by atoms with Gasteiger partial charge in [0.25, 0.3) is 0 Å². The van der Waals surface area contributed by atoms with Crippen molar-refractivity contribution in [2.45, 2.75) is 63.9 Å². The van der Waals surface area contributed by atoms with E-state index < -0.39 is 17.7 Å². The second-order valence-corrected chi connectivity index (χ2v) is 8.09. The van der Waals surface area contributed by atoms with Crippen LogP contribution in [0.3, 0.4) is 0 Å². The third-order valence-electron chi connectivity index (χ3n) is 5.15. The van der Waals surface area contributed by atoms with Gasteiger partial charge in [0.2, 0.25) is 0 Å². The summed E-state index contributed by atoms with van der Waals surface area (Å²) >= 11 is 0. The van der Waals surface area contributed by atoms with Gasteiger partial charge in [-0.3, -0.25) is 0 Å². The molecule has 0 amide bonds. The summed E-state index contributed by atoms with van der Waals surface area (Å²) in [7, 11) is 0. The van der Waals surface area contributed by atoms with Crippen molar-refractivity contribution in [2.75, 3.05) is 6.61 Å². The van der Waals surface area contributed by atoms with Crippen LogP contribution >= 0.6 is 0 Å². The SMILES string of the molecule is CC1(C)O[C@H]2O[C@](C)(COCc3ccccc3)[C@@H](OCc3ccccc3)[C@H]2O1. The first-order chi connectivity index (χ1) is 13.5. The van der Waals surface area contributed by atoms with E-state index in [0.29, 0.717) is 19.8 Å². The van der Waals surface area contributed by atoms with Crippen molar-refractivity contribution >= 4 is 0 Å². The zero-order chi connectivity index (χ0) is 19.6. The van der Waals surface area contributed by atoms with E-state index >= 15 is 0 Å². The Morgan fingerprint density at radius 2 is 1.39 bits per heavy atom. The maximum absolute atomic E-state index is 6.30. The fourth-order valence-electron chi connectivity index (χ4n) is 3.83. The summed E-state index contributed by atoms with van der Waals surface area (Å²) in [5.74, 6) is -0.685.